The van der Waals surface area contributed by atoms with Crippen LogP contribution in [-0.4, -0.2) is 35.7 Å². The maximum absolute atomic E-state index is 12.5. The first-order valence-corrected chi connectivity index (χ1v) is 8.42. The molecular formula is C18H12N4O7. The van der Waals surface area contributed by atoms with E-state index < -0.39 is 11.8 Å². The van der Waals surface area contributed by atoms with Crippen LogP contribution < -0.4 is 29.6 Å². The Labute approximate surface area is 162 Å². The predicted molar refractivity (Wildman–Crippen MR) is 95.3 cm³/mol. The van der Waals surface area contributed by atoms with Crippen molar-refractivity contribution >= 4 is 23.5 Å². The molecule has 3 heterocycles. The number of carbonyl (C=O) groups excluding carboxylic acids is 2. The summed E-state index contributed by atoms with van der Waals surface area (Å²) in [6, 6.07) is 9.47. The zero-order chi connectivity index (χ0) is 19.8. The second kappa shape index (κ2) is 6.71. The fourth-order valence-corrected chi connectivity index (χ4v) is 2.79. The van der Waals surface area contributed by atoms with Crippen LogP contribution in [0.5, 0.6) is 23.0 Å². The second-order valence-electron chi connectivity index (χ2n) is 6.01. The van der Waals surface area contributed by atoms with Gasteiger partial charge in [0.1, 0.15) is 0 Å². The van der Waals surface area contributed by atoms with Crippen molar-refractivity contribution in [1.82, 2.24) is 10.3 Å². The largest absolute Gasteiger partial charge is 0.454 e. The predicted octanol–water partition coefficient (Wildman–Crippen LogP) is 2.03. The highest BCUT2D eigenvalue weighted by atomic mass is 16.7. The Morgan fingerprint density at radius 1 is 0.690 bits per heavy atom. The molecular weight excluding hydrogens is 384 g/mol. The lowest BCUT2D eigenvalue weighted by molar-refractivity contribution is 0.101. The number of amides is 2. The Morgan fingerprint density at radius 2 is 1.14 bits per heavy atom. The first-order valence-electron chi connectivity index (χ1n) is 8.42. The third kappa shape index (κ3) is 3.14. The molecule has 0 saturated carbocycles. The molecule has 5 rings (SSSR count). The minimum Gasteiger partial charge on any atom is -0.454 e. The number of fused-ring (bicyclic) bond motifs is 2. The standard InChI is InChI=1S/C18H12N4O7/c23-17(9-1-3-11-13(5-9)27-7-25-11)19-15-16(22-29-21-15)20-18(24)10-2-4-12-14(6-10)28-8-26-12/h1-6H,7-8H2,(H,19,21,23)(H,20,22,24). The Bertz CT molecular complexity index is 1040. The summed E-state index contributed by atoms with van der Waals surface area (Å²) in [6.45, 7) is 0.202. The van der Waals surface area contributed by atoms with Gasteiger partial charge in [0.2, 0.25) is 25.2 Å². The molecule has 11 nitrogen and oxygen atoms in total. The van der Waals surface area contributed by atoms with Gasteiger partial charge in [0.05, 0.1) is 0 Å². The van der Waals surface area contributed by atoms with E-state index in [-0.39, 0.29) is 25.2 Å². The van der Waals surface area contributed by atoms with Crippen molar-refractivity contribution < 1.29 is 33.2 Å². The summed E-state index contributed by atoms with van der Waals surface area (Å²) in [5, 5.41) is 12.3. The van der Waals surface area contributed by atoms with E-state index in [2.05, 4.69) is 25.6 Å². The van der Waals surface area contributed by atoms with Crippen LogP contribution in [0.25, 0.3) is 0 Å². The van der Waals surface area contributed by atoms with Crippen molar-refractivity contribution in [1.29, 1.82) is 0 Å². The molecule has 0 radical (unpaired) electrons. The number of hydrogen-bond acceptors (Lipinski definition) is 9. The highest BCUT2D eigenvalue weighted by molar-refractivity contribution is 6.08. The molecule has 2 aliphatic rings. The van der Waals surface area contributed by atoms with Crippen molar-refractivity contribution in [3.8, 4) is 23.0 Å². The molecule has 0 atom stereocenters. The van der Waals surface area contributed by atoms with Crippen LogP contribution >= 0.6 is 0 Å². The van der Waals surface area contributed by atoms with Gasteiger partial charge in [-0.15, -0.1) is 0 Å². The normalized spacial score (nSPS) is 13.2. The van der Waals surface area contributed by atoms with E-state index in [4.69, 9.17) is 18.9 Å². The number of aromatic nitrogens is 2. The van der Waals surface area contributed by atoms with Crippen LogP contribution in [0.1, 0.15) is 20.7 Å². The lowest BCUT2D eigenvalue weighted by Gasteiger charge is -2.06. The van der Waals surface area contributed by atoms with Crippen molar-refractivity contribution in [2.24, 2.45) is 0 Å². The van der Waals surface area contributed by atoms with Gasteiger partial charge in [-0.1, -0.05) is 0 Å². The van der Waals surface area contributed by atoms with E-state index in [1.807, 2.05) is 0 Å². The molecule has 29 heavy (non-hydrogen) atoms. The van der Waals surface area contributed by atoms with Gasteiger partial charge < -0.3 is 29.6 Å². The van der Waals surface area contributed by atoms with Crippen LogP contribution in [-0.2, 0) is 0 Å². The molecule has 0 unspecified atom stereocenters. The summed E-state index contributed by atoms with van der Waals surface area (Å²) in [6.07, 6.45) is 0. The average molecular weight is 396 g/mol. The first kappa shape index (κ1) is 16.9. The average Bonchev–Trinajstić information content (AvgIpc) is 3.47. The number of benzene rings is 2. The lowest BCUT2D eigenvalue weighted by Crippen LogP contribution is -2.17. The van der Waals surface area contributed by atoms with Gasteiger partial charge in [-0.3, -0.25) is 9.59 Å². The van der Waals surface area contributed by atoms with Gasteiger partial charge in [0, 0.05) is 11.1 Å². The van der Waals surface area contributed by atoms with Gasteiger partial charge in [-0.25, -0.2) is 4.63 Å². The molecule has 146 valence electrons. The molecule has 3 aromatic rings. The number of carbonyl (C=O) groups is 2. The maximum atomic E-state index is 12.5. The number of rotatable bonds is 4. The first-order chi connectivity index (χ1) is 14.2. The summed E-state index contributed by atoms with van der Waals surface area (Å²) in [5.74, 6) is 0.987. The van der Waals surface area contributed by atoms with Crippen LogP contribution in [0.2, 0.25) is 0 Å². The summed E-state index contributed by atoms with van der Waals surface area (Å²) >= 11 is 0. The van der Waals surface area contributed by atoms with Crippen LogP contribution in [0.4, 0.5) is 11.6 Å². The van der Waals surface area contributed by atoms with Gasteiger partial charge >= 0.3 is 0 Å². The zero-order valence-electron chi connectivity index (χ0n) is 14.6. The van der Waals surface area contributed by atoms with Crippen LogP contribution in [0.15, 0.2) is 41.0 Å². The summed E-state index contributed by atoms with van der Waals surface area (Å²) in [4.78, 5) is 25.0. The van der Waals surface area contributed by atoms with Gasteiger partial charge in [-0.2, -0.15) is 0 Å². The summed E-state index contributed by atoms with van der Waals surface area (Å²) in [5.41, 5.74) is 0.621. The summed E-state index contributed by atoms with van der Waals surface area (Å²) < 4.78 is 25.6. The Balaban J connectivity index is 1.30. The van der Waals surface area contributed by atoms with Gasteiger partial charge in [0.15, 0.2) is 23.0 Å². The van der Waals surface area contributed by atoms with Crippen molar-refractivity contribution in [2.45, 2.75) is 0 Å². The quantitative estimate of drug-likeness (QED) is 0.679. The highest BCUT2D eigenvalue weighted by Gasteiger charge is 2.21. The number of anilines is 2. The smallest absolute Gasteiger partial charge is 0.257 e. The topological polar surface area (TPSA) is 134 Å². The lowest BCUT2D eigenvalue weighted by atomic mass is 10.2. The minimum atomic E-state index is -0.488. The fourth-order valence-electron chi connectivity index (χ4n) is 2.79. The Hall–Kier alpha value is -4.28. The highest BCUT2D eigenvalue weighted by Crippen LogP contribution is 2.34. The van der Waals surface area contributed by atoms with Gasteiger partial charge in [-0.05, 0) is 46.7 Å². The van der Waals surface area contributed by atoms with Crippen molar-refractivity contribution in [3.05, 3.63) is 47.5 Å². The second-order valence-corrected chi connectivity index (χ2v) is 6.01. The van der Waals surface area contributed by atoms with Gasteiger partial charge in [0.25, 0.3) is 11.8 Å². The molecule has 0 aliphatic carbocycles. The molecule has 2 amide bonds. The van der Waals surface area contributed by atoms with Crippen molar-refractivity contribution in [2.75, 3.05) is 24.2 Å². The molecule has 2 N–H and O–H groups in total. The van der Waals surface area contributed by atoms with E-state index in [0.717, 1.165) is 0 Å². The van der Waals surface area contributed by atoms with Crippen LogP contribution in [0, 0.1) is 0 Å². The minimum absolute atomic E-state index is 0.0400. The van der Waals surface area contributed by atoms with Crippen molar-refractivity contribution in [3.63, 3.8) is 0 Å². The molecule has 0 spiro atoms. The molecule has 2 aliphatic heterocycles. The number of nitrogens with one attached hydrogen (secondary N) is 2. The molecule has 0 bridgehead atoms. The molecule has 11 heteroatoms. The molecule has 1 aromatic heterocycles. The van der Waals surface area contributed by atoms with Crippen LogP contribution in [0.3, 0.4) is 0 Å². The SMILES string of the molecule is O=C(Nc1nonc1NC(=O)c1ccc2c(c1)OCO2)c1ccc2c(c1)OCO2. The molecule has 0 fully saturated rings. The number of nitrogens with zero attached hydrogens (tertiary/aromatic N) is 2. The monoisotopic (exact) mass is 396 g/mol. The molecule has 0 saturated heterocycles. The third-order valence-electron chi connectivity index (χ3n) is 4.22. The zero-order valence-corrected chi connectivity index (χ0v) is 14.6. The van der Waals surface area contributed by atoms with E-state index in [1.165, 1.54) is 12.1 Å². The fraction of sp³-hybridized carbons (Fsp3) is 0.111. The van der Waals surface area contributed by atoms with E-state index >= 15 is 0 Å². The third-order valence-corrected chi connectivity index (χ3v) is 4.22. The summed E-state index contributed by atoms with van der Waals surface area (Å²) in [7, 11) is 0. The maximum Gasteiger partial charge on any atom is 0.257 e. The number of ether oxygens (including phenoxy) is 4. The number of hydrogen-bond donors (Lipinski definition) is 2. The molecule has 2 aromatic carbocycles. The van der Waals surface area contributed by atoms with E-state index in [1.54, 1.807) is 24.3 Å². The van der Waals surface area contributed by atoms with E-state index in [9.17, 15) is 9.59 Å². The Morgan fingerprint density at radius 3 is 1.62 bits per heavy atom. The van der Waals surface area contributed by atoms with E-state index in [0.29, 0.717) is 34.1 Å². The Kier molecular flexibility index (Phi) is 3.90.